The van der Waals surface area contributed by atoms with E-state index in [2.05, 4.69) is 20.6 Å². The number of hydrogen-bond donors (Lipinski definition) is 2. The van der Waals surface area contributed by atoms with Crippen molar-refractivity contribution in [1.82, 2.24) is 5.43 Å². The molecule has 7 nitrogen and oxygen atoms in total. The third-order valence-electron chi connectivity index (χ3n) is 3.41. The molecule has 0 aliphatic rings. The van der Waals surface area contributed by atoms with Gasteiger partial charge in [-0.2, -0.15) is 13.9 Å². The van der Waals surface area contributed by atoms with Crippen LogP contribution in [0.3, 0.4) is 0 Å². The molecule has 0 fully saturated rings. The maximum Gasteiger partial charge on any atom is 0.387 e. The molecule has 0 saturated carbocycles. The maximum atomic E-state index is 12.4. The number of benzene rings is 2. The molecule has 0 radical (unpaired) electrons. The number of carbonyl (C=O) groups excluding carboxylic acids is 1. The van der Waals surface area contributed by atoms with E-state index in [9.17, 15) is 13.6 Å². The van der Waals surface area contributed by atoms with Gasteiger partial charge in [0.05, 0.1) is 26.5 Å². The summed E-state index contributed by atoms with van der Waals surface area (Å²) in [4.78, 5) is 11.9. The fourth-order valence-corrected chi connectivity index (χ4v) is 2.20. The third-order valence-corrected chi connectivity index (χ3v) is 3.41. The van der Waals surface area contributed by atoms with Crippen LogP contribution in [0.25, 0.3) is 0 Å². The van der Waals surface area contributed by atoms with E-state index in [1.807, 2.05) is 0 Å². The van der Waals surface area contributed by atoms with Crippen molar-refractivity contribution in [2.45, 2.75) is 13.5 Å². The van der Waals surface area contributed by atoms with Gasteiger partial charge >= 0.3 is 6.61 Å². The number of rotatable bonds is 10. The number of nitrogens with one attached hydrogen (secondary N) is 2. The Bertz CT molecular complexity index is 816. The SMILES string of the molecule is CCOc1cc(/C=N\NC(=O)CNc2cccc(OC)c2)ccc1OC(F)F. The van der Waals surface area contributed by atoms with Gasteiger partial charge in [0.15, 0.2) is 11.5 Å². The molecule has 0 aromatic heterocycles. The van der Waals surface area contributed by atoms with Crippen LogP contribution in [0, 0.1) is 0 Å². The summed E-state index contributed by atoms with van der Waals surface area (Å²) >= 11 is 0. The summed E-state index contributed by atoms with van der Waals surface area (Å²) in [6.07, 6.45) is 1.37. The number of carbonyl (C=O) groups is 1. The average molecular weight is 393 g/mol. The van der Waals surface area contributed by atoms with Crippen LogP contribution in [-0.2, 0) is 4.79 Å². The van der Waals surface area contributed by atoms with Crippen molar-refractivity contribution in [3.05, 3.63) is 48.0 Å². The van der Waals surface area contributed by atoms with Gasteiger partial charge < -0.3 is 19.5 Å². The van der Waals surface area contributed by atoms with Crippen LogP contribution in [-0.4, -0.2) is 39.0 Å². The summed E-state index contributed by atoms with van der Waals surface area (Å²) in [6, 6.07) is 11.5. The second-order valence-electron chi connectivity index (χ2n) is 5.40. The highest BCUT2D eigenvalue weighted by Crippen LogP contribution is 2.29. The van der Waals surface area contributed by atoms with Gasteiger partial charge in [-0.3, -0.25) is 4.79 Å². The predicted octanol–water partition coefficient (Wildman–Crippen LogP) is 3.26. The second-order valence-corrected chi connectivity index (χ2v) is 5.40. The summed E-state index contributed by atoms with van der Waals surface area (Å²) in [7, 11) is 1.56. The topological polar surface area (TPSA) is 81.2 Å². The first kappa shape index (κ1) is 20.9. The lowest BCUT2D eigenvalue weighted by molar-refractivity contribution is -0.119. The van der Waals surface area contributed by atoms with Crippen molar-refractivity contribution in [2.75, 3.05) is 25.6 Å². The van der Waals surface area contributed by atoms with Gasteiger partial charge in [0.25, 0.3) is 5.91 Å². The number of amides is 1. The maximum absolute atomic E-state index is 12.4. The highest BCUT2D eigenvalue weighted by molar-refractivity contribution is 5.84. The summed E-state index contributed by atoms with van der Waals surface area (Å²) in [5, 5.41) is 6.79. The van der Waals surface area contributed by atoms with Gasteiger partial charge in [0.1, 0.15) is 5.75 Å². The molecular weight excluding hydrogens is 372 g/mol. The Balaban J connectivity index is 1.90. The first-order valence-corrected chi connectivity index (χ1v) is 8.43. The van der Waals surface area contributed by atoms with Crippen molar-refractivity contribution in [3.63, 3.8) is 0 Å². The zero-order valence-electron chi connectivity index (χ0n) is 15.4. The van der Waals surface area contributed by atoms with Crippen molar-refractivity contribution >= 4 is 17.8 Å². The van der Waals surface area contributed by atoms with Crippen molar-refractivity contribution in [3.8, 4) is 17.2 Å². The Morgan fingerprint density at radius 3 is 2.75 bits per heavy atom. The molecular formula is C19H21F2N3O4. The molecule has 0 aliphatic heterocycles. The smallest absolute Gasteiger partial charge is 0.387 e. The molecule has 0 spiro atoms. The Morgan fingerprint density at radius 1 is 1.21 bits per heavy atom. The molecule has 0 saturated heterocycles. The van der Waals surface area contributed by atoms with E-state index in [0.717, 1.165) is 5.69 Å². The Morgan fingerprint density at radius 2 is 2.04 bits per heavy atom. The van der Waals surface area contributed by atoms with Gasteiger partial charge in [-0.1, -0.05) is 6.07 Å². The lowest BCUT2D eigenvalue weighted by Gasteiger charge is -2.11. The lowest BCUT2D eigenvalue weighted by atomic mass is 10.2. The third kappa shape index (κ3) is 6.75. The first-order chi connectivity index (χ1) is 13.5. The highest BCUT2D eigenvalue weighted by Gasteiger charge is 2.11. The molecule has 0 heterocycles. The monoisotopic (exact) mass is 393 g/mol. The van der Waals surface area contributed by atoms with Crippen LogP contribution in [0.2, 0.25) is 0 Å². The number of hydrogen-bond acceptors (Lipinski definition) is 6. The minimum Gasteiger partial charge on any atom is -0.497 e. The Kier molecular flexibility index (Phi) is 8.01. The van der Waals surface area contributed by atoms with Gasteiger partial charge in [-0.15, -0.1) is 0 Å². The first-order valence-electron chi connectivity index (χ1n) is 8.43. The number of ether oxygens (including phenoxy) is 3. The van der Waals surface area contributed by atoms with Crippen LogP contribution >= 0.6 is 0 Å². The fourth-order valence-electron chi connectivity index (χ4n) is 2.20. The average Bonchev–Trinajstić information content (AvgIpc) is 2.68. The second kappa shape index (κ2) is 10.7. The molecule has 9 heteroatoms. The molecule has 150 valence electrons. The molecule has 0 unspecified atom stereocenters. The number of halogens is 2. The van der Waals surface area contributed by atoms with E-state index in [1.54, 1.807) is 38.3 Å². The van der Waals surface area contributed by atoms with E-state index in [4.69, 9.17) is 9.47 Å². The van der Waals surface area contributed by atoms with Crippen molar-refractivity contribution < 1.29 is 27.8 Å². The van der Waals surface area contributed by atoms with Crippen LogP contribution < -0.4 is 25.0 Å². The molecule has 0 atom stereocenters. The summed E-state index contributed by atoms with van der Waals surface area (Å²) in [5.41, 5.74) is 3.65. The van der Waals surface area contributed by atoms with Gasteiger partial charge in [-0.05, 0) is 42.8 Å². The largest absolute Gasteiger partial charge is 0.497 e. The molecule has 2 aromatic rings. The van der Waals surface area contributed by atoms with E-state index >= 15 is 0 Å². The van der Waals surface area contributed by atoms with Gasteiger partial charge in [0, 0.05) is 11.8 Å². The van der Waals surface area contributed by atoms with Crippen LogP contribution in [0.1, 0.15) is 12.5 Å². The zero-order valence-corrected chi connectivity index (χ0v) is 15.4. The lowest BCUT2D eigenvalue weighted by Crippen LogP contribution is -2.25. The summed E-state index contributed by atoms with van der Waals surface area (Å²) < 4.78 is 39.6. The minimum absolute atomic E-state index is 0.00979. The summed E-state index contributed by atoms with van der Waals surface area (Å²) in [6.45, 7) is -0.930. The number of methoxy groups -OCH3 is 1. The predicted molar refractivity (Wildman–Crippen MR) is 101 cm³/mol. The standard InChI is InChI=1S/C19H21F2N3O4/c1-3-27-17-9-13(7-8-16(17)28-19(20)21)11-23-24-18(25)12-22-14-5-4-6-15(10-14)26-2/h4-11,19,22H,3,12H2,1-2H3,(H,24,25)/b23-11-. The number of alkyl halides is 2. The molecule has 2 rings (SSSR count). The summed E-state index contributed by atoms with van der Waals surface area (Å²) in [5.74, 6) is 0.410. The van der Waals surface area contributed by atoms with E-state index in [1.165, 1.54) is 24.4 Å². The number of hydrazone groups is 1. The number of nitrogens with zero attached hydrogens (tertiary/aromatic N) is 1. The van der Waals surface area contributed by atoms with Crippen LogP contribution in [0.15, 0.2) is 47.6 Å². The quantitative estimate of drug-likeness (QED) is 0.478. The molecule has 2 aromatic carbocycles. The van der Waals surface area contributed by atoms with Crippen LogP contribution in [0.5, 0.6) is 17.2 Å². The highest BCUT2D eigenvalue weighted by atomic mass is 19.3. The molecule has 28 heavy (non-hydrogen) atoms. The molecule has 0 bridgehead atoms. The van der Waals surface area contributed by atoms with Gasteiger partial charge in [-0.25, -0.2) is 5.43 Å². The van der Waals surface area contributed by atoms with Crippen molar-refractivity contribution in [1.29, 1.82) is 0 Å². The molecule has 0 aliphatic carbocycles. The Labute approximate surface area is 161 Å². The van der Waals surface area contributed by atoms with Crippen molar-refractivity contribution in [2.24, 2.45) is 5.10 Å². The van der Waals surface area contributed by atoms with Gasteiger partial charge in [0.2, 0.25) is 0 Å². The van der Waals surface area contributed by atoms with Crippen LogP contribution in [0.4, 0.5) is 14.5 Å². The fraction of sp³-hybridized carbons (Fsp3) is 0.263. The van der Waals surface area contributed by atoms with E-state index in [-0.39, 0.29) is 30.6 Å². The zero-order chi connectivity index (χ0) is 20.4. The number of anilines is 1. The van der Waals surface area contributed by atoms with E-state index < -0.39 is 6.61 Å². The molecule has 1 amide bonds. The molecule has 2 N–H and O–H groups in total. The Hall–Kier alpha value is -3.36. The minimum atomic E-state index is -2.95. The van der Waals surface area contributed by atoms with E-state index in [0.29, 0.717) is 11.3 Å². The normalized spacial score (nSPS) is 10.8.